The molecule has 1 aliphatic heterocycles. The maximum Gasteiger partial charge on any atom is 0.225 e. The fourth-order valence-corrected chi connectivity index (χ4v) is 3.89. The molecule has 1 aromatic heterocycles. The Hall–Kier alpha value is -2.76. The highest BCUT2D eigenvalue weighted by molar-refractivity contribution is 5.96. The smallest absolute Gasteiger partial charge is 0.225 e. The summed E-state index contributed by atoms with van der Waals surface area (Å²) in [5.41, 5.74) is 4.30. The third kappa shape index (κ3) is 4.06. The Kier molecular flexibility index (Phi) is 5.77. The van der Waals surface area contributed by atoms with Crippen molar-refractivity contribution >= 4 is 17.3 Å². The number of hydrogen-bond donors (Lipinski definition) is 0. The van der Waals surface area contributed by atoms with E-state index in [-0.39, 0.29) is 23.5 Å². The number of ketones is 1. The van der Waals surface area contributed by atoms with E-state index in [0.29, 0.717) is 30.8 Å². The summed E-state index contributed by atoms with van der Waals surface area (Å²) < 4.78 is 14.9. The Bertz CT molecular complexity index is 928. The topological polar surface area (TPSA) is 55.2 Å². The Labute approximate surface area is 164 Å². The first kappa shape index (κ1) is 20.0. The molecule has 1 amide bonds. The van der Waals surface area contributed by atoms with Gasteiger partial charge in [0.05, 0.1) is 17.3 Å². The second kappa shape index (κ2) is 8.09. The van der Waals surface area contributed by atoms with Crippen molar-refractivity contribution < 1.29 is 14.0 Å². The minimum atomic E-state index is -0.247. The van der Waals surface area contributed by atoms with Crippen molar-refractivity contribution in [2.24, 2.45) is 0 Å². The van der Waals surface area contributed by atoms with Gasteiger partial charge >= 0.3 is 0 Å². The minimum Gasteiger partial charge on any atom is -0.339 e. The van der Waals surface area contributed by atoms with E-state index < -0.39 is 0 Å². The highest BCUT2D eigenvalue weighted by Gasteiger charge is 2.23. The summed E-state index contributed by atoms with van der Waals surface area (Å²) in [4.78, 5) is 26.4. The monoisotopic (exact) mass is 383 g/mol. The molecule has 28 heavy (non-hydrogen) atoms. The molecule has 0 aliphatic carbocycles. The third-order valence-electron chi connectivity index (χ3n) is 5.34. The van der Waals surface area contributed by atoms with Crippen molar-refractivity contribution in [1.82, 2.24) is 14.7 Å². The Balaban J connectivity index is 1.65. The van der Waals surface area contributed by atoms with E-state index in [9.17, 15) is 14.0 Å². The highest BCUT2D eigenvalue weighted by atomic mass is 19.1. The van der Waals surface area contributed by atoms with Gasteiger partial charge in [0.2, 0.25) is 5.91 Å². The first-order chi connectivity index (χ1) is 13.3. The molecule has 5 nitrogen and oxygen atoms in total. The van der Waals surface area contributed by atoms with Gasteiger partial charge < -0.3 is 4.90 Å². The lowest BCUT2D eigenvalue weighted by Crippen LogP contribution is -2.35. The van der Waals surface area contributed by atoms with E-state index in [0.717, 1.165) is 23.3 Å². The number of aromatic nitrogens is 2. The van der Waals surface area contributed by atoms with E-state index in [2.05, 4.69) is 5.10 Å². The first-order valence-corrected chi connectivity index (χ1v) is 9.57. The number of benzene rings is 1. The van der Waals surface area contributed by atoms with Crippen LogP contribution < -0.4 is 0 Å². The number of Topliss-reactive ketones (excluding diaryl/α,β-unsaturated/α-hetero) is 1. The second-order valence-corrected chi connectivity index (χ2v) is 7.43. The van der Waals surface area contributed by atoms with Crippen LogP contribution in [0.1, 0.15) is 60.0 Å². The summed E-state index contributed by atoms with van der Waals surface area (Å²) in [6.07, 6.45) is 3.12. The zero-order valence-corrected chi connectivity index (χ0v) is 16.8. The van der Waals surface area contributed by atoms with Gasteiger partial charge in [0.15, 0.2) is 5.78 Å². The summed E-state index contributed by atoms with van der Waals surface area (Å²) in [6, 6.07) is 6.34. The molecule has 0 fully saturated rings. The molecule has 1 unspecified atom stereocenters. The largest absolute Gasteiger partial charge is 0.339 e. The van der Waals surface area contributed by atoms with Gasteiger partial charge in [-0.2, -0.15) is 5.10 Å². The van der Waals surface area contributed by atoms with Gasteiger partial charge in [0.25, 0.3) is 0 Å². The molecule has 0 radical (unpaired) electrons. The van der Waals surface area contributed by atoms with Gasteiger partial charge in [-0.1, -0.05) is 18.2 Å². The first-order valence-electron chi connectivity index (χ1n) is 9.57. The van der Waals surface area contributed by atoms with Gasteiger partial charge in [-0.15, -0.1) is 0 Å². The number of rotatable bonds is 5. The van der Waals surface area contributed by atoms with Crippen LogP contribution in [-0.2, 0) is 4.79 Å². The van der Waals surface area contributed by atoms with Crippen molar-refractivity contribution in [3.05, 3.63) is 58.7 Å². The van der Waals surface area contributed by atoms with Crippen LogP contribution in [0.2, 0.25) is 0 Å². The summed E-state index contributed by atoms with van der Waals surface area (Å²) >= 11 is 0. The standard InChI is InChI=1S/C22H26FN3O2/c1-14(26-16(3)22(17(4)27)15(2)24-26)13-21(28)25-11-9-19(10-12-25)18-5-7-20(23)8-6-18/h5-9,14H,10-13H2,1-4H3. The maximum atomic E-state index is 13.1. The molecule has 6 heteroatoms. The summed E-state index contributed by atoms with van der Waals surface area (Å²) in [6.45, 7) is 8.37. The van der Waals surface area contributed by atoms with Crippen LogP contribution in [0.5, 0.6) is 0 Å². The van der Waals surface area contributed by atoms with Gasteiger partial charge in [-0.05, 0) is 57.4 Å². The van der Waals surface area contributed by atoms with Crippen LogP contribution in [-0.4, -0.2) is 39.5 Å². The van der Waals surface area contributed by atoms with Gasteiger partial charge in [-0.3, -0.25) is 14.3 Å². The fraction of sp³-hybridized carbons (Fsp3) is 0.409. The van der Waals surface area contributed by atoms with E-state index in [1.165, 1.54) is 19.1 Å². The molecular weight excluding hydrogens is 357 g/mol. The second-order valence-electron chi connectivity index (χ2n) is 7.43. The van der Waals surface area contributed by atoms with Crippen LogP contribution in [0.3, 0.4) is 0 Å². The van der Waals surface area contributed by atoms with Crippen molar-refractivity contribution in [1.29, 1.82) is 0 Å². The molecule has 0 bridgehead atoms. The summed E-state index contributed by atoms with van der Waals surface area (Å²) in [5, 5.41) is 4.47. The van der Waals surface area contributed by atoms with Crippen LogP contribution in [0.15, 0.2) is 30.3 Å². The lowest BCUT2D eigenvalue weighted by Gasteiger charge is -2.28. The average molecular weight is 383 g/mol. The Morgan fingerprint density at radius 3 is 2.43 bits per heavy atom. The molecule has 2 heterocycles. The summed E-state index contributed by atoms with van der Waals surface area (Å²) in [5.74, 6) is -0.184. The number of amides is 1. The lowest BCUT2D eigenvalue weighted by atomic mass is 9.99. The van der Waals surface area contributed by atoms with E-state index in [1.807, 2.05) is 31.7 Å². The molecule has 1 aromatic carbocycles. The predicted molar refractivity (Wildman–Crippen MR) is 107 cm³/mol. The predicted octanol–water partition coefficient (Wildman–Crippen LogP) is 4.11. The zero-order chi connectivity index (χ0) is 20.4. The van der Waals surface area contributed by atoms with Gasteiger partial charge in [-0.25, -0.2) is 4.39 Å². The number of nitrogens with zero attached hydrogens (tertiary/aromatic N) is 3. The highest BCUT2D eigenvalue weighted by Crippen LogP contribution is 2.25. The Morgan fingerprint density at radius 2 is 1.89 bits per heavy atom. The molecule has 0 saturated carbocycles. The van der Waals surface area contributed by atoms with E-state index in [1.54, 1.807) is 16.8 Å². The molecule has 0 N–H and O–H groups in total. The zero-order valence-electron chi connectivity index (χ0n) is 16.8. The molecule has 0 spiro atoms. The molecular formula is C22H26FN3O2. The van der Waals surface area contributed by atoms with Crippen LogP contribution in [0, 0.1) is 19.7 Å². The van der Waals surface area contributed by atoms with E-state index in [4.69, 9.17) is 0 Å². The van der Waals surface area contributed by atoms with Crippen molar-refractivity contribution in [3.63, 3.8) is 0 Å². The minimum absolute atomic E-state index is 0.00531. The molecule has 3 rings (SSSR count). The van der Waals surface area contributed by atoms with E-state index >= 15 is 0 Å². The van der Waals surface area contributed by atoms with Crippen LogP contribution in [0.4, 0.5) is 4.39 Å². The van der Waals surface area contributed by atoms with Gasteiger partial charge in [0.1, 0.15) is 5.82 Å². The molecule has 0 saturated heterocycles. The number of aryl methyl sites for hydroxylation is 1. The van der Waals surface area contributed by atoms with Crippen molar-refractivity contribution in [2.75, 3.05) is 13.1 Å². The fourth-order valence-electron chi connectivity index (χ4n) is 3.89. The molecule has 1 aliphatic rings. The summed E-state index contributed by atoms with van der Waals surface area (Å²) in [7, 11) is 0. The van der Waals surface area contributed by atoms with Crippen LogP contribution in [0.25, 0.3) is 5.57 Å². The molecule has 1 atom stereocenters. The SMILES string of the molecule is CC(=O)c1c(C)nn(C(C)CC(=O)N2CC=C(c3ccc(F)cc3)CC2)c1C. The average Bonchev–Trinajstić information content (AvgIpc) is 2.97. The normalized spacial score (nSPS) is 15.3. The molecule has 148 valence electrons. The lowest BCUT2D eigenvalue weighted by molar-refractivity contribution is -0.131. The number of halogens is 1. The van der Waals surface area contributed by atoms with Crippen LogP contribution >= 0.6 is 0 Å². The maximum absolute atomic E-state index is 13.1. The third-order valence-corrected chi connectivity index (χ3v) is 5.34. The van der Waals surface area contributed by atoms with Crippen molar-refractivity contribution in [3.8, 4) is 0 Å². The van der Waals surface area contributed by atoms with Gasteiger partial charge in [0, 0.05) is 25.2 Å². The molecule has 2 aromatic rings. The number of hydrogen-bond acceptors (Lipinski definition) is 3. The number of carbonyl (C=O) groups excluding carboxylic acids is 2. The number of carbonyl (C=O) groups is 2. The van der Waals surface area contributed by atoms with Crippen molar-refractivity contribution in [2.45, 2.75) is 46.6 Å². The quantitative estimate of drug-likeness (QED) is 0.730. The Morgan fingerprint density at radius 1 is 1.21 bits per heavy atom.